The van der Waals surface area contributed by atoms with Crippen molar-refractivity contribution in [3.05, 3.63) is 142 Å². The van der Waals surface area contributed by atoms with Crippen molar-refractivity contribution < 1.29 is 36.6 Å². The minimum Gasteiger partial charge on any atom is -0.478 e. The highest BCUT2D eigenvalue weighted by Crippen LogP contribution is 2.26. The van der Waals surface area contributed by atoms with E-state index >= 15 is 0 Å². The fraction of sp³-hybridized carbons (Fsp3) is 0.135. The summed E-state index contributed by atoms with van der Waals surface area (Å²) in [7, 11) is -8.36. The average Bonchev–Trinajstić information content (AvgIpc) is 3.86. The second-order valence-electron chi connectivity index (χ2n) is 13.0. The molecule has 2 aromatic heterocycles. The average molecular weight is 852 g/mol. The Morgan fingerprint density at radius 3 is 1.56 bits per heavy atom. The smallest absolute Gasteiger partial charge is 0.337 e. The van der Waals surface area contributed by atoms with Crippen LogP contribution in [0.2, 0.25) is 10.0 Å². The van der Waals surface area contributed by atoms with Gasteiger partial charge in [0.2, 0.25) is 0 Å². The van der Waals surface area contributed by atoms with Crippen LogP contribution in [0.4, 0.5) is 11.4 Å². The van der Waals surface area contributed by atoms with E-state index < -0.39 is 32.0 Å². The number of carboxylic acid groups (broad SMARTS) is 2. The van der Waals surface area contributed by atoms with Crippen LogP contribution in [-0.4, -0.2) is 82.6 Å². The summed E-state index contributed by atoms with van der Waals surface area (Å²) in [6.07, 6.45) is 4.93. The summed E-state index contributed by atoms with van der Waals surface area (Å²) in [5.74, 6) is -2.62. The number of likely N-dealkylation sites (tertiary alicyclic amines) is 1. The van der Waals surface area contributed by atoms with Gasteiger partial charge in [-0.3, -0.25) is 14.3 Å². The van der Waals surface area contributed by atoms with Crippen LogP contribution in [0.1, 0.15) is 31.8 Å². The fourth-order valence-electron chi connectivity index (χ4n) is 6.04. The second-order valence-corrected chi connectivity index (χ2v) is 17.3. The van der Waals surface area contributed by atoms with Crippen LogP contribution in [0.15, 0.2) is 120 Å². The predicted octanol–water partition coefficient (Wildman–Crippen LogP) is 5.34. The SMILES string of the molecule is O=C(O)c1cc(CNC2CN(Cc3ccc(NS(=O)(=O)c4cnn(-c5ccc(Cl)cc5)c4)c(C(=O)O)c3)C2)ccc1NS(=O)(=O)c1cnn(-c2ccc(Cl)cc2)c1. The molecule has 0 amide bonds. The molecule has 6 aromatic rings. The standard InChI is InChI=1S/C37H32Cl2N8O8S2/c38-25-3-7-28(8-4-25)46-21-30(16-41-46)56(52,53)43-34-11-1-23(13-32(34)36(48)49)15-40-27-19-45(20-27)18-24-2-12-35(33(14-24)37(50)51)44-57(54,55)31-17-42-47(22-31)29-9-5-26(39)6-10-29/h1-14,16-17,21-22,27,40,43-44H,15,18-20H2,(H,48,49)(H,50,51). The number of anilines is 2. The molecule has 1 fully saturated rings. The molecule has 0 spiro atoms. The first-order valence-corrected chi connectivity index (χ1v) is 20.7. The second kappa shape index (κ2) is 16.0. The van der Waals surface area contributed by atoms with E-state index in [9.17, 15) is 36.6 Å². The maximum Gasteiger partial charge on any atom is 0.337 e. The summed E-state index contributed by atoms with van der Waals surface area (Å²) in [6, 6.07) is 22.2. The first-order valence-electron chi connectivity index (χ1n) is 17.0. The number of hydrogen-bond donors (Lipinski definition) is 5. The van der Waals surface area contributed by atoms with Crippen LogP contribution in [-0.2, 0) is 33.1 Å². The summed E-state index contributed by atoms with van der Waals surface area (Å²) >= 11 is 11.9. The van der Waals surface area contributed by atoms with Gasteiger partial charge < -0.3 is 15.5 Å². The Balaban J connectivity index is 0.934. The molecule has 0 atom stereocenters. The van der Waals surface area contributed by atoms with E-state index in [0.717, 1.165) is 12.4 Å². The lowest BCUT2D eigenvalue weighted by molar-refractivity contribution is 0.0686. The largest absolute Gasteiger partial charge is 0.478 e. The van der Waals surface area contributed by atoms with Crippen LogP contribution >= 0.6 is 23.2 Å². The number of aromatic carboxylic acids is 2. The monoisotopic (exact) mass is 850 g/mol. The van der Waals surface area contributed by atoms with Crippen molar-refractivity contribution in [1.29, 1.82) is 0 Å². The molecule has 5 N–H and O–H groups in total. The Kier molecular flexibility index (Phi) is 11.1. The Morgan fingerprint density at radius 2 is 1.11 bits per heavy atom. The summed E-state index contributed by atoms with van der Waals surface area (Å²) in [6.45, 7) is 1.90. The first kappa shape index (κ1) is 39.5. The van der Waals surface area contributed by atoms with Crippen LogP contribution < -0.4 is 14.8 Å². The van der Waals surface area contributed by atoms with E-state index in [1.165, 1.54) is 46.0 Å². The van der Waals surface area contributed by atoms with Crippen molar-refractivity contribution in [1.82, 2.24) is 29.8 Å². The maximum atomic E-state index is 13.2. The van der Waals surface area contributed by atoms with Gasteiger partial charge in [-0.2, -0.15) is 10.2 Å². The van der Waals surface area contributed by atoms with E-state index in [1.54, 1.807) is 60.7 Å². The summed E-state index contributed by atoms with van der Waals surface area (Å²) < 4.78 is 60.1. The van der Waals surface area contributed by atoms with E-state index in [0.29, 0.717) is 58.7 Å². The highest BCUT2D eigenvalue weighted by Gasteiger charge is 2.28. The molecule has 0 saturated carbocycles. The summed E-state index contributed by atoms with van der Waals surface area (Å²) in [5, 5.41) is 32.4. The molecule has 57 heavy (non-hydrogen) atoms. The lowest BCUT2D eigenvalue weighted by Gasteiger charge is -2.40. The molecule has 1 aliphatic rings. The van der Waals surface area contributed by atoms with Crippen LogP contribution in [0, 0.1) is 0 Å². The zero-order chi connectivity index (χ0) is 40.5. The molecule has 0 unspecified atom stereocenters. The van der Waals surface area contributed by atoms with Gasteiger partial charge in [0.1, 0.15) is 9.79 Å². The topological polar surface area (TPSA) is 218 Å². The van der Waals surface area contributed by atoms with Gasteiger partial charge in [0.25, 0.3) is 20.0 Å². The number of carbonyl (C=O) groups is 2. The first-order chi connectivity index (χ1) is 27.1. The van der Waals surface area contributed by atoms with Gasteiger partial charge in [0.05, 0.1) is 58.7 Å². The van der Waals surface area contributed by atoms with Crippen LogP contribution in [0.3, 0.4) is 0 Å². The molecule has 4 aromatic carbocycles. The van der Waals surface area contributed by atoms with E-state index in [1.807, 2.05) is 0 Å². The third kappa shape index (κ3) is 9.12. The van der Waals surface area contributed by atoms with Gasteiger partial charge in [-0.1, -0.05) is 35.3 Å². The van der Waals surface area contributed by atoms with E-state index in [4.69, 9.17) is 23.2 Å². The number of halogens is 2. The van der Waals surface area contributed by atoms with Gasteiger partial charge in [-0.25, -0.2) is 35.8 Å². The zero-order valence-corrected chi connectivity index (χ0v) is 32.6. The normalized spacial score (nSPS) is 13.6. The molecule has 3 heterocycles. The molecular weight excluding hydrogens is 819 g/mol. The number of rotatable bonds is 15. The number of carboxylic acids is 2. The van der Waals surface area contributed by atoms with Crippen molar-refractivity contribution in [3.8, 4) is 11.4 Å². The van der Waals surface area contributed by atoms with Gasteiger partial charge in [0.15, 0.2) is 0 Å². The number of benzene rings is 4. The number of sulfonamides is 2. The molecule has 20 heteroatoms. The zero-order valence-electron chi connectivity index (χ0n) is 29.5. The molecule has 16 nitrogen and oxygen atoms in total. The molecule has 7 rings (SSSR count). The van der Waals surface area contributed by atoms with Crippen molar-refractivity contribution in [2.24, 2.45) is 0 Å². The quantitative estimate of drug-likeness (QED) is 0.0885. The molecule has 0 aliphatic carbocycles. The number of hydrogen-bond acceptors (Lipinski definition) is 10. The predicted molar refractivity (Wildman–Crippen MR) is 211 cm³/mol. The Bertz CT molecular complexity index is 2700. The maximum absolute atomic E-state index is 13.2. The number of aromatic nitrogens is 4. The number of nitrogens with one attached hydrogen (secondary N) is 3. The molecule has 1 aliphatic heterocycles. The molecule has 0 radical (unpaired) electrons. The molecule has 1 saturated heterocycles. The third-order valence-electron chi connectivity index (χ3n) is 9.00. The van der Waals surface area contributed by atoms with Crippen molar-refractivity contribution in [2.75, 3.05) is 22.5 Å². The van der Waals surface area contributed by atoms with Crippen LogP contribution in [0.5, 0.6) is 0 Å². The molecular formula is C37H32Cl2N8O8S2. The van der Waals surface area contributed by atoms with Crippen molar-refractivity contribution in [3.63, 3.8) is 0 Å². The summed E-state index contributed by atoms with van der Waals surface area (Å²) in [5.41, 5.74) is 1.79. The lowest BCUT2D eigenvalue weighted by atomic mass is 10.0. The molecule has 0 bridgehead atoms. The van der Waals surface area contributed by atoms with Gasteiger partial charge in [-0.05, 0) is 83.9 Å². The van der Waals surface area contributed by atoms with Gasteiger partial charge >= 0.3 is 11.9 Å². The minimum atomic E-state index is -4.18. The lowest BCUT2D eigenvalue weighted by Crippen LogP contribution is -2.57. The van der Waals surface area contributed by atoms with Gasteiger partial charge in [-0.15, -0.1) is 0 Å². The van der Waals surface area contributed by atoms with Crippen molar-refractivity contribution in [2.45, 2.75) is 28.9 Å². The van der Waals surface area contributed by atoms with Gasteiger partial charge in [0, 0.05) is 42.3 Å². The Hall–Kier alpha value is -5.76. The Labute approximate surface area is 336 Å². The highest BCUT2D eigenvalue weighted by atomic mass is 35.5. The highest BCUT2D eigenvalue weighted by molar-refractivity contribution is 7.93. The van der Waals surface area contributed by atoms with Crippen molar-refractivity contribution >= 4 is 66.6 Å². The van der Waals surface area contributed by atoms with E-state index in [-0.39, 0.29) is 38.3 Å². The third-order valence-corrected chi connectivity index (χ3v) is 12.1. The number of nitrogens with zero attached hydrogens (tertiary/aromatic N) is 5. The van der Waals surface area contributed by atoms with E-state index in [2.05, 4.69) is 29.9 Å². The van der Waals surface area contributed by atoms with Crippen LogP contribution in [0.25, 0.3) is 11.4 Å². The minimum absolute atomic E-state index is 0.0347. The molecule has 294 valence electrons. The Morgan fingerprint density at radius 1 is 0.667 bits per heavy atom. The fourth-order valence-corrected chi connectivity index (χ4v) is 8.31. The summed E-state index contributed by atoms with van der Waals surface area (Å²) in [4.78, 5) is 26.1.